The highest BCUT2D eigenvalue weighted by molar-refractivity contribution is 5.78. The van der Waals surface area contributed by atoms with Crippen LogP contribution < -0.4 is 5.32 Å². The molecule has 2 aromatic heterocycles. The molecule has 7 heteroatoms. The minimum Gasteiger partial charge on any atom is -0.352 e. The van der Waals surface area contributed by atoms with E-state index in [2.05, 4.69) is 15.3 Å². The van der Waals surface area contributed by atoms with E-state index >= 15 is 0 Å². The number of aromatic nitrogens is 2. The monoisotopic (exact) mass is 371 g/mol. The molecule has 0 fully saturated rings. The molecular formula is C20H16F3N3O. The van der Waals surface area contributed by atoms with Crippen LogP contribution in [0.5, 0.6) is 0 Å². The quantitative estimate of drug-likeness (QED) is 0.737. The standard InChI is InChI=1S/C20H16F3N3O/c21-20(22,23)17-5-1-3-14(9-17)10-19(27)26-12-15-6-7-18(25-11-15)16-4-2-8-24-13-16/h1-9,11,13H,10,12H2,(H,26,27). The van der Waals surface area contributed by atoms with Crippen molar-refractivity contribution in [2.45, 2.75) is 19.1 Å². The summed E-state index contributed by atoms with van der Waals surface area (Å²) in [6, 6.07) is 12.1. The van der Waals surface area contributed by atoms with Crippen molar-refractivity contribution in [3.05, 3.63) is 83.8 Å². The molecule has 0 bridgehead atoms. The molecule has 3 rings (SSSR count). The summed E-state index contributed by atoms with van der Waals surface area (Å²) in [6.45, 7) is 0.248. The Morgan fingerprint density at radius 1 is 1.00 bits per heavy atom. The summed E-state index contributed by atoms with van der Waals surface area (Å²) in [4.78, 5) is 20.4. The lowest BCUT2D eigenvalue weighted by atomic mass is 10.1. The largest absolute Gasteiger partial charge is 0.416 e. The molecule has 27 heavy (non-hydrogen) atoms. The highest BCUT2D eigenvalue weighted by atomic mass is 19.4. The molecule has 0 aliphatic rings. The van der Waals surface area contributed by atoms with Gasteiger partial charge in [0.15, 0.2) is 0 Å². The van der Waals surface area contributed by atoms with Gasteiger partial charge in [0.25, 0.3) is 0 Å². The highest BCUT2D eigenvalue weighted by Crippen LogP contribution is 2.29. The number of nitrogens with zero attached hydrogens (tertiary/aromatic N) is 2. The smallest absolute Gasteiger partial charge is 0.352 e. The van der Waals surface area contributed by atoms with Crippen molar-refractivity contribution in [2.75, 3.05) is 0 Å². The fourth-order valence-electron chi connectivity index (χ4n) is 2.52. The number of hydrogen-bond donors (Lipinski definition) is 1. The predicted octanol–water partition coefficient (Wildman–Crippen LogP) is 4.02. The van der Waals surface area contributed by atoms with Crippen molar-refractivity contribution in [3.8, 4) is 11.3 Å². The molecule has 3 aromatic rings. The summed E-state index contributed by atoms with van der Waals surface area (Å²) in [5.41, 5.74) is 2.00. The van der Waals surface area contributed by atoms with Crippen LogP contribution in [0.15, 0.2) is 67.1 Å². The van der Waals surface area contributed by atoms with E-state index < -0.39 is 11.7 Å². The summed E-state index contributed by atoms with van der Waals surface area (Å²) in [5, 5.41) is 2.69. The van der Waals surface area contributed by atoms with Gasteiger partial charge in [-0.1, -0.05) is 24.3 Å². The van der Waals surface area contributed by atoms with Gasteiger partial charge in [0.1, 0.15) is 0 Å². The minimum atomic E-state index is -4.42. The molecular weight excluding hydrogens is 355 g/mol. The number of halogens is 3. The molecule has 138 valence electrons. The number of hydrogen-bond acceptors (Lipinski definition) is 3. The molecule has 0 atom stereocenters. The summed E-state index contributed by atoms with van der Waals surface area (Å²) in [7, 11) is 0. The molecule has 0 aliphatic carbocycles. The van der Waals surface area contributed by atoms with E-state index in [0.29, 0.717) is 5.56 Å². The van der Waals surface area contributed by atoms with Crippen molar-refractivity contribution in [2.24, 2.45) is 0 Å². The first kappa shape index (κ1) is 18.6. The van der Waals surface area contributed by atoms with Crippen LogP contribution in [0.2, 0.25) is 0 Å². The van der Waals surface area contributed by atoms with E-state index in [1.807, 2.05) is 24.3 Å². The van der Waals surface area contributed by atoms with E-state index in [-0.39, 0.29) is 18.9 Å². The third-order valence-electron chi connectivity index (χ3n) is 3.89. The van der Waals surface area contributed by atoms with Crippen LogP contribution in [0.25, 0.3) is 11.3 Å². The van der Waals surface area contributed by atoms with Gasteiger partial charge in [-0.05, 0) is 35.4 Å². The molecule has 1 aromatic carbocycles. The number of nitrogens with one attached hydrogen (secondary N) is 1. The average Bonchev–Trinajstić information content (AvgIpc) is 2.67. The Bertz CT molecular complexity index is 910. The number of carbonyl (C=O) groups excluding carboxylic acids is 1. The first-order chi connectivity index (χ1) is 12.9. The zero-order valence-electron chi connectivity index (χ0n) is 14.2. The maximum absolute atomic E-state index is 12.7. The second kappa shape index (κ2) is 7.99. The van der Waals surface area contributed by atoms with E-state index in [4.69, 9.17) is 0 Å². The van der Waals surface area contributed by atoms with Gasteiger partial charge >= 0.3 is 6.18 Å². The Labute approximate surface area is 154 Å². The molecule has 0 saturated carbocycles. The van der Waals surface area contributed by atoms with Crippen LogP contribution in [0.3, 0.4) is 0 Å². The van der Waals surface area contributed by atoms with Crippen LogP contribution in [0, 0.1) is 0 Å². The van der Waals surface area contributed by atoms with Crippen molar-refractivity contribution < 1.29 is 18.0 Å². The van der Waals surface area contributed by atoms with Gasteiger partial charge in [-0.25, -0.2) is 0 Å². The van der Waals surface area contributed by atoms with Gasteiger partial charge < -0.3 is 5.32 Å². The zero-order chi connectivity index (χ0) is 19.3. The van der Waals surface area contributed by atoms with Gasteiger partial charge in [-0.15, -0.1) is 0 Å². The molecule has 2 heterocycles. The van der Waals surface area contributed by atoms with Gasteiger partial charge in [-0.2, -0.15) is 13.2 Å². The lowest BCUT2D eigenvalue weighted by molar-refractivity contribution is -0.137. The average molecular weight is 371 g/mol. The molecule has 0 saturated heterocycles. The predicted molar refractivity (Wildman–Crippen MR) is 94.5 cm³/mol. The van der Waals surface area contributed by atoms with E-state index in [1.165, 1.54) is 12.1 Å². The molecule has 0 spiro atoms. The first-order valence-electron chi connectivity index (χ1n) is 8.20. The SMILES string of the molecule is O=C(Cc1cccc(C(F)(F)F)c1)NCc1ccc(-c2cccnc2)nc1. The van der Waals surface area contributed by atoms with Crippen molar-refractivity contribution >= 4 is 5.91 Å². The Hall–Kier alpha value is -3.22. The molecule has 1 amide bonds. The third kappa shape index (κ3) is 5.13. The van der Waals surface area contributed by atoms with Crippen LogP contribution in [-0.2, 0) is 23.9 Å². The Kier molecular flexibility index (Phi) is 5.49. The zero-order valence-corrected chi connectivity index (χ0v) is 14.2. The van der Waals surface area contributed by atoms with Gasteiger partial charge in [0, 0.05) is 30.7 Å². The second-order valence-electron chi connectivity index (χ2n) is 5.95. The fraction of sp³-hybridized carbons (Fsp3) is 0.150. The number of pyridine rings is 2. The van der Waals surface area contributed by atoms with Crippen molar-refractivity contribution in [3.63, 3.8) is 0 Å². The van der Waals surface area contributed by atoms with Crippen LogP contribution >= 0.6 is 0 Å². The van der Waals surface area contributed by atoms with Crippen molar-refractivity contribution in [1.29, 1.82) is 0 Å². The second-order valence-corrected chi connectivity index (χ2v) is 5.95. The van der Waals surface area contributed by atoms with Crippen molar-refractivity contribution in [1.82, 2.24) is 15.3 Å². The summed E-state index contributed by atoms with van der Waals surface area (Å²) in [6.07, 6.45) is 0.489. The molecule has 1 N–H and O–H groups in total. The molecule has 0 unspecified atom stereocenters. The summed E-state index contributed by atoms with van der Waals surface area (Å²) >= 11 is 0. The number of amides is 1. The first-order valence-corrected chi connectivity index (χ1v) is 8.20. The molecule has 4 nitrogen and oxygen atoms in total. The van der Waals surface area contributed by atoms with E-state index in [0.717, 1.165) is 29.0 Å². The number of carbonyl (C=O) groups is 1. The third-order valence-corrected chi connectivity index (χ3v) is 3.89. The Balaban J connectivity index is 1.56. The maximum Gasteiger partial charge on any atom is 0.416 e. The number of alkyl halides is 3. The fourth-order valence-corrected chi connectivity index (χ4v) is 2.52. The number of benzene rings is 1. The lowest BCUT2D eigenvalue weighted by Crippen LogP contribution is -2.24. The van der Waals surface area contributed by atoms with Crippen LogP contribution in [0.4, 0.5) is 13.2 Å². The highest BCUT2D eigenvalue weighted by Gasteiger charge is 2.30. The van der Waals surface area contributed by atoms with Gasteiger partial charge in [0.05, 0.1) is 17.7 Å². The van der Waals surface area contributed by atoms with Crippen LogP contribution in [0.1, 0.15) is 16.7 Å². The summed E-state index contributed by atoms with van der Waals surface area (Å²) in [5.74, 6) is -0.356. The summed E-state index contributed by atoms with van der Waals surface area (Å²) < 4.78 is 38.2. The normalized spacial score (nSPS) is 11.2. The minimum absolute atomic E-state index is 0.120. The van der Waals surface area contributed by atoms with E-state index in [1.54, 1.807) is 18.6 Å². The molecule has 0 aliphatic heterocycles. The van der Waals surface area contributed by atoms with Crippen LogP contribution in [-0.4, -0.2) is 15.9 Å². The lowest BCUT2D eigenvalue weighted by Gasteiger charge is -2.09. The Morgan fingerprint density at radius 2 is 1.85 bits per heavy atom. The number of rotatable bonds is 5. The maximum atomic E-state index is 12.7. The molecule has 0 radical (unpaired) electrons. The van der Waals surface area contributed by atoms with Gasteiger partial charge in [-0.3, -0.25) is 14.8 Å². The van der Waals surface area contributed by atoms with Gasteiger partial charge in [0.2, 0.25) is 5.91 Å². The Morgan fingerprint density at radius 3 is 2.52 bits per heavy atom. The van der Waals surface area contributed by atoms with E-state index in [9.17, 15) is 18.0 Å². The topological polar surface area (TPSA) is 54.9 Å².